The van der Waals surface area contributed by atoms with Gasteiger partial charge >= 0.3 is 0 Å². The Labute approximate surface area is 240 Å². The number of phenolic OH excluding ortho intramolecular Hbond substituents is 1. The topological polar surface area (TPSA) is 113 Å². The molecule has 2 aliphatic heterocycles. The van der Waals surface area contributed by atoms with Crippen LogP contribution >= 0.6 is 11.6 Å². The summed E-state index contributed by atoms with van der Waals surface area (Å²) in [4.78, 5) is 57.0. The van der Waals surface area contributed by atoms with Crippen molar-refractivity contribution >= 4 is 40.9 Å². The minimum absolute atomic E-state index is 0.119. The van der Waals surface area contributed by atoms with E-state index in [0.29, 0.717) is 11.3 Å². The van der Waals surface area contributed by atoms with E-state index in [1.807, 2.05) is 6.08 Å². The number of carbonyl (C=O) groups excluding carboxylic acids is 4. The van der Waals surface area contributed by atoms with Crippen LogP contribution in [0.15, 0.2) is 42.0 Å². The summed E-state index contributed by atoms with van der Waals surface area (Å²) in [5, 5.41) is 11.1. The lowest BCUT2D eigenvalue weighted by Crippen LogP contribution is -2.49. The Hall–Kier alpha value is -3.92. The van der Waals surface area contributed by atoms with Gasteiger partial charge in [0.1, 0.15) is 23.1 Å². The number of nitrogens with zero attached hydrogens (tertiary/aromatic N) is 2. The highest BCUT2D eigenvalue weighted by Gasteiger charge is 2.68. The van der Waals surface area contributed by atoms with Crippen molar-refractivity contribution in [3.63, 3.8) is 0 Å². The Kier molecular flexibility index (Phi) is 6.19. The number of imide groups is 2. The van der Waals surface area contributed by atoms with Crippen LogP contribution in [0.5, 0.6) is 17.2 Å². The van der Waals surface area contributed by atoms with Crippen molar-refractivity contribution in [2.75, 3.05) is 26.2 Å². The number of aromatic hydroxyl groups is 1. The maximum atomic E-state index is 14.4. The molecule has 4 amide bonds. The molecule has 0 unspecified atom stereocenters. The van der Waals surface area contributed by atoms with Crippen molar-refractivity contribution in [3.05, 3.63) is 58.4 Å². The molecular weight excluding hydrogens is 555 g/mol. The zero-order valence-corrected chi connectivity index (χ0v) is 23.6. The van der Waals surface area contributed by atoms with Gasteiger partial charge in [-0.25, -0.2) is 9.29 Å². The molecule has 2 saturated heterocycles. The maximum absolute atomic E-state index is 14.4. The first-order chi connectivity index (χ1) is 19.4. The number of ether oxygens (including phenoxy) is 2. The molecule has 6 rings (SSSR count). The fourth-order valence-corrected chi connectivity index (χ4v) is 7.69. The molecule has 0 bridgehead atoms. The van der Waals surface area contributed by atoms with Crippen LogP contribution in [0.2, 0.25) is 5.02 Å². The lowest BCUT2D eigenvalue weighted by atomic mass is 9.51. The summed E-state index contributed by atoms with van der Waals surface area (Å²) >= 11 is 6.02. The molecule has 2 aliphatic carbocycles. The minimum Gasteiger partial charge on any atom is -0.507 e. The maximum Gasteiger partial charge on any atom is 0.241 e. The van der Waals surface area contributed by atoms with Crippen molar-refractivity contribution in [1.29, 1.82) is 0 Å². The lowest BCUT2D eigenvalue weighted by Gasteiger charge is -2.49. The number of hydrogen-bond donors (Lipinski definition) is 1. The monoisotopic (exact) mass is 582 g/mol. The molecule has 1 saturated carbocycles. The number of rotatable bonds is 4. The molecule has 1 N–H and O–H groups in total. The van der Waals surface area contributed by atoms with E-state index in [-0.39, 0.29) is 52.4 Å². The van der Waals surface area contributed by atoms with Gasteiger partial charge in [-0.05, 0) is 43.9 Å². The SMILES string of the molecule is COc1cc(O)c([C@H]2C3=CC[C@@H]4C(=O)N(C)C(=O)[C@@H]4[C@@H]3C[C@H]3C(=O)N(c4ccc(F)c(Cl)c4)C(=O)[C@@]23C)c(OC)c1. The van der Waals surface area contributed by atoms with Crippen LogP contribution in [0.1, 0.15) is 31.2 Å². The largest absolute Gasteiger partial charge is 0.507 e. The van der Waals surface area contributed by atoms with Gasteiger partial charge in [-0.3, -0.25) is 24.1 Å². The van der Waals surface area contributed by atoms with Gasteiger partial charge in [0.25, 0.3) is 0 Å². The van der Waals surface area contributed by atoms with Crippen LogP contribution < -0.4 is 14.4 Å². The third-order valence-electron chi connectivity index (χ3n) is 9.49. The Morgan fingerprint density at radius 1 is 1.02 bits per heavy atom. The summed E-state index contributed by atoms with van der Waals surface area (Å²) in [6, 6.07) is 6.62. The van der Waals surface area contributed by atoms with E-state index in [2.05, 4.69) is 0 Å². The number of phenols is 1. The first kappa shape index (κ1) is 27.3. The molecule has 2 aromatic rings. The summed E-state index contributed by atoms with van der Waals surface area (Å²) in [5.74, 6) is -5.65. The van der Waals surface area contributed by atoms with Crippen LogP contribution in [-0.4, -0.2) is 54.9 Å². The Morgan fingerprint density at radius 2 is 1.76 bits per heavy atom. The number of halogens is 2. The second-order valence-corrected chi connectivity index (χ2v) is 11.7. The van der Waals surface area contributed by atoms with Gasteiger partial charge in [0.15, 0.2) is 0 Å². The standard InChI is InChI=1S/C30H28ClFN2O7/c1-30-18(27(37)34(29(30)39)13-5-8-20(32)19(31)9-13)12-17-15(6-7-16-23(17)28(38)33(2)26(16)36)25(30)24-21(35)10-14(40-3)11-22(24)41-4/h5-6,8-11,16-18,23,25,35H,7,12H2,1-4H3/t16-,17+,18-,23-,25+,30+/m0/s1. The van der Waals surface area contributed by atoms with Crippen LogP contribution in [0.3, 0.4) is 0 Å². The van der Waals surface area contributed by atoms with E-state index in [9.17, 15) is 28.7 Å². The third kappa shape index (κ3) is 3.59. The zero-order chi connectivity index (χ0) is 29.5. The highest BCUT2D eigenvalue weighted by Crippen LogP contribution is 2.65. The highest BCUT2D eigenvalue weighted by molar-refractivity contribution is 6.31. The Balaban J connectivity index is 1.59. The lowest BCUT2D eigenvalue weighted by molar-refractivity contribution is -0.138. The van der Waals surface area contributed by atoms with Crippen LogP contribution in [0, 0.1) is 34.9 Å². The van der Waals surface area contributed by atoms with Crippen LogP contribution in [0.25, 0.3) is 0 Å². The summed E-state index contributed by atoms with van der Waals surface area (Å²) in [7, 11) is 4.32. The summed E-state index contributed by atoms with van der Waals surface area (Å²) in [6.07, 6.45) is 2.30. The van der Waals surface area contributed by atoms with Gasteiger partial charge in [0.2, 0.25) is 23.6 Å². The Morgan fingerprint density at radius 3 is 2.41 bits per heavy atom. The molecule has 11 heteroatoms. The van der Waals surface area contributed by atoms with Crippen molar-refractivity contribution < 1.29 is 38.1 Å². The molecule has 9 nitrogen and oxygen atoms in total. The normalized spacial score (nSPS) is 30.7. The summed E-state index contributed by atoms with van der Waals surface area (Å²) in [5.41, 5.74) is -0.335. The fourth-order valence-electron chi connectivity index (χ4n) is 7.52. The number of fused-ring (bicyclic) bond motifs is 4. The zero-order valence-electron chi connectivity index (χ0n) is 22.8. The van der Waals surface area contributed by atoms with E-state index < -0.39 is 52.6 Å². The number of carbonyl (C=O) groups is 4. The molecule has 41 heavy (non-hydrogen) atoms. The van der Waals surface area contributed by atoms with Crippen LogP contribution in [0.4, 0.5) is 10.1 Å². The number of amides is 4. The van der Waals surface area contributed by atoms with Gasteiger partial charge in [0.05, 0.1) is 48.1 Å². The molecule has 3 fully saturated rings. The van der Waals surface area contributed by atoms with E-state index >= 15 is 0 Å². The predicted molar refractivity (Wildman–Crippen MR) is 145 cm³/mol. The second kappa shape index (κ2) is 9.30. The fraction of sp³-hybridized carbons (Fsp3) is 0.400. The molecule has 6 atom stereocenters. The van der Waals surface area contributed by atoms with E-state index in [0.717, 1.165) is 15.9 Å². The molecule has 4 aliphatic rings. The van der Waals surface area contributed by atoms with Gasteiger partial charge in [-0.1, -0.05) is 23.3 Å². The van der Waals surface area contributed by atoms with Gasteiger partial charge in [-0.2, -0.15) is 0 Å². The van der Waals surface area contributed by atoms with E-state index in [4.69, 9.17) is 21.1 Å². The highest BCUT2D eigenvalue weighted by atomic mass is 35.5. The van der Waals surface area contributed by atoms with E-state index in [1.165, 1.54) is 39.5 Å². The smallest absolute Gasteiger partial charge is 0.241 e. The average molecular weight is 583 g/mol. The number of hydrogen-bond acceptors (Lipinski definition) is 7. The van der Waals surface area contributed by atoms with Crippen LogP contribution in [-0.2, 0) is 19.2 Å². The second-order valence-electron chi connectivity index (χ2n) is 11.3. The molecule has 2 heterocycles. The number of allylic oxidation sites excluding steroid dienone is 2. The van der Waals surface area contributed by atoms with E-state index in [1.54, 1.807) is 13.0 Å². The molecular formula is C30H28ClFN2O7. The quantitative estimate of drug-likeness (QED) is 0.427. The van der Waals surface area contributed by atoms with Crippen molar-refractivity contribution in [2.24, 2.45) is 29.1 Å². The predicted octanol–water partition coefficient (Wildman–Crippen LogP) is 4.06. The summed E-state index contributed by atoms with van der Waals surface area (Å²) < 4.78 is 25.0. The minimum atomic E-state index is -1.43. The Bertz CT molecular complexity index is 1570. The molecule has 214 valence electrons. The average Bonchev–Trinajstić information content (AvgIpc) is 3.29. The number of benzene rings is 2. The van der Waals surface area contributed by atoms with Crippen molar-refractivity contribution in [2.45, 2.75) is 25.7 Å². The molecule has 0 radical (unpaired) electrons. The summed E-state index contributed by atoms with van der Waals surface area (Å²) in [6.45, 7) is 1.67. The number of methoxy groups -OCH3 is 2. The molecule has 0 aromatic heterocycles. The number of likely N-dealkylation sites (tertiary alicyclic amines) is 1. The molecule has 2 aromatic carbocycles. The van der Waals surface area contributed by atoms with Gasteiger partial charge in [0, 0.05) is 30.7 Å². The van der Waals surface area contributed by atoms with Gasteiger partial charge < -0.3 is 14.6 Å². The molecule has 0 spiro atoms. The first-order valence-electron chi connectivity index (χ1n) is 13.2. The third-order valence-corrected chi connectivity index (χ3v) is 9.78. The van der Waals surface area contributed by atoms with Crippen molar-refractivity contribution in [3.8, 4) is 17.2 Å². The van der Waals surface area contributed by atoms with Gasteiger partial charge in [-0.15, -0.1) is 0 Å². The van der Waals surface area contributed by atoms with Crippen molar-refractivity contribution in [1.82, 2.24) is 4.90 Å². The first-order valence-corrected chi connectivity index (χ1v) is 13.6. The number of anilines is 1.